The van der Waals surface area contributed by atoms with Crippen molar-refractivity contribution in [3.63, 3.8) is 0 Å². The summed E-state index contributed by atoms with van der Waals surface area (Å²) in [5, 5.41) is 0. The highest BCUT2D eigenvalue weighted by Gasteiger charge is 2.74. The SMILES string of the molecule is Cc1[nH]cnc1C(F)(F)C(F)(F)C(F)(F)F. The highest BCUT2D eigenvalue weighted by Crippen LogP contribution is 2.51. The van der Waals surface area contributed by atoms with Gasteiger partial charge in [-0.3, -0.25) is 0 Å². The van der Waals surface area contributed by atoms with Gasteiger partial charge < -0.3 is 4.98 Å². The maximum absolute atomic E-state index is 13.0. The van der Waals surface area contributed by atoms with Crippen LogP contribution in [-0.2, 0) is 5.92 Å². The fourth-order valence-electron chi connectivity index (χ4n) is 1.00. The van der Waals surface area contributed by atoms with Gasteiger partial charge in [0.1, 0.15) is 5.69 Å². The number of aromatic amines is 1. The molecular weight excluding hydrogens is 245 g/mol. The largest absolute Gasteiger partial charge is 0.460 e. The molecule has 0 saturated heterocycles. The number of rotatable bonds is 2. The molecule has 0 aromatic carbocycles. The molecule has 0 saturated carbocycles. The molecule has 1 aromatic rings. The Kier molecular flexibility index (Phi) is 2.68. The van der Waals surface area contributed by atoms with E-state index < -0.39 is 29.4 Å². The van der Waals surface area contributed by atoms with Crippen molar-refractivity contribution in [3.8, 4) is 0 Å². The molecule has 9 heteroatoms. The summed E-state index contributed by atoms with van der Waals surface area (Å²) < 4.78 is 86.3. The van der Waals surface area contributed by atoms with Crippen LogP contribution in [0.3, 0.4) is 0 Å². The molecule has 0 atom stereocenters. The van der Waals surface area contributed by atoms with Crippen LogP contribution in [0.5, 0.6) is 0 Å². The Morgan fingerprint density at radius 2 is 1.56 bits per heavy atom. The van der Waals surface area contributed by atoms with Crippen LogP contribution < -0.4 is 0 Å². The second-order valence-electron chi connectivity index (χ2n) is 3.02. The zero-order valence-corrected chi connectivity index (χ0v) is 7.67. The zero-order valence-electron chi connectivity index (χ0n) is 7.67. The first-order valence-corrected chi connectivity index (χ1v) is 3.84. The predicted octanol–water partition coefficient (Wildman–Crippen LogP) is 3.01. The molecule has 16 heavy (non-hydrogen) atoms. The topological polar surface area (TPSA) is 28.7 Å². The summed E-state index contributed by atoms with van der Waals surface area (Å²) in [4.78, 5) is 4.79. The molecule has 0 unspecified atom stereocenters. The number of aryl methyl sites for hydroxylation is 1. The number of aromatic nitrogens is 2. The minimum atomic E-state index is -6.35. The molecule has 0 amide bonds. The minimum absolute atomic E-state index is 0.547. The second-order valence-corrected chi connectivity index (χ2v) is 3.02. The lowest BCUT2D eigenvalue weighted by molar-refractivity contribution is -0.360. The van der Waals surface area contributed by atoms with Crippen molar-refractivity contribution in [3.05, 3.63) is 17.7 Å². The maximum Gasteiger partial charge on any atom is 0.460 e. The van der Waals surface area contributed by atoms with E-state index in [1.54, 1.807) is 0 Å². The van der Waals surface area contributed by atoms with Crippen LogP contribution in [-0.4, -0.2) is 22.1 Å². The van der Waals surface area contributed by atoms with E-state index in [-0.39, 0.29) is 0 Å². The quantitative estimate of drug-likeness (QED) is 0.803. The van der Waals surface area contributed by atoms with E-state index in [4.69, 9.17) is 0 Å². The molecule has 0 radical (unpaired) electrons. The first-order chi connectivity index (χ1) is 7.02. The summed E-state index contributed by atoms with van der Waals surface area (Å²) >= 11 is 0. The molecule has 92 valence electrons. The van der Waals surface area contributed by atoms with Crippen LogP contribution in [0.2, 0.25) is 0 Å². The Hall–Kier alpha value is -1.28. The summed E-state index contributed by atoms with van der Waals surface area (Å²) in [5.41, 5.74) is -2.16. The van der Waals surface area contributed by atoms with Gasteiger partial charge in [-0.15, -0.1) is 0 Å². The lowest BCUT2D eigenvalue weighted by Crippen LogP contribution is -2.50. The molecule has 0 aliphatic rings. The molecule has 1 heterocycles. The Labute approximate surface area is 84.5 Å². The Morgan fingerprint density at radius 3 is 1.88 bits per heavy atom. The van der Waals surface area contributed by atoms with E-state index in [0.717, 1.165) is 6.92 Å². The summed E-state index contributed by atoms with van der Waals surface area (Å²) in [7, 11) is 0. The first-order valence-electron chi connectivity index (χ1n) is 3.84. The van der Waals surface area contributed by atoms with Crippen molar-refractivity contribution in [1.82, 2.24) is 9.97 Å². The summed E-state index contributed by atoms with van der Waals surface area (Å²) in [5.74, 6) is -11.6. The number of H-pyrrole nitrogens is 1. The average molecular weight is 250 g/mol. The van der Waals surface area contributed by atoms with Gasteiger partial charge in [-0.25, -0.2) is 4.98 Å². The van der Waals surface area contributed by atoms with E-state index in [2.05, 4.69) is 4.98 Å². The molecule has 0 bridgehead atoms. The number of nitrogens with one attached hydrogen (secondary N) is 1. The van der Waals surface area contributed by atoms with Gasteiger partial charge in [0.2, 0.25) is 0 Å². The van der Waals surface area contributed by atoms with Crippen molar-refractivity contribution < 1.29 is 30.7 Å². The smallest absolute Gasteiger partial charge is 0.348 e. The van der Waals surface area contributed by atoms with E-state index in [9.17, 15) is 30.7 Å². The molecule has 1 aromatic heterocycles. The number of nitrogens with zero attached hydrogens (tertiary/aromatic N) is 1. The van der Waals surface area contributed by atoms with Crippen LogP contribution in [0, 0.1) is 6.92 Å². The van der Waals surface area contributed by atoms with Crippen LogP contribution in [0.4, 0.5) is 30.7 Å². The highest BCUT2D eigenvalue weighted by molar-refractivity contribution is 5.19. The minimum Gasteiger partial charge on any atom is -0.348 e. The van der Waals surface area contributed by atoms with Crippen molar-refractivity contribution in [2.45, 2.75) is 24.9 Å². The predicted molar refractivity (Wildman–Crippen MR) is 38.2 cm³/mol. The molecule has 0 aliphatic heterocycles. The molecule has 1 N–H and O–H groups in total. The summed E-state index contributed by atoms with van der Waals surface area (Å²) in [6, 6.07) is 0. The number of hydrogen-bond donors (Lipinski definition) is 1. The first kappa shape index (κ1) is 12.8. The van der Waals surface area contributed by atoms with Crippen LogP contribution in [0.25, 0.3) is 0 Å². The van der Waals surface area contributed by atoms with E-state index in [0.29, 0.717) is 6.33 Å². The third-order valence-electron chi connectivity index (χ3n) is 1.88. The zero-order chi connectivity index (χ0) is 12.8. The molecule has 0 fully saturated rings. The van der Waals surface area contributed by atoms with Gasteiger partial charge in [0.05, 0.1) is 6.33 Å². The normalized spacial score (nSPS) is 14.2. The number of halogens is 7. The van der Waals surface area contributed by atoms with Gasteiger partial charge >= 0.3 is 18.0 Å². The lowest BCUT2D eigenvalue weighted by Gasteiger charge is -2.27. The van der Waals surface area contributed by atoms with Gasteiger partial charge in [0.15, 0.2) is 0 Å². The van der Waals surface area contributed by atoms with Crippen molar-refractivity contribution in [1.29, 1.82) is 0 Å². The fraction of sp³-hybridized carbons (Fsp3) is 0.571. The lowest BCUT2D eigenvalue weighted by atomic mass is 10.1. The van der Waals surface area contributed by atoms with Gasteiger partial charge in [-0.2, -0.15) is 30.7 Å². The monoisotopic (exact) mass is 250 g/mol. The van der Waals surface area contributed by atoms with Crippen molar-refractivity contribution >= 4 is 0 Å². The Bertz CT molecular complexity index is 378. The van der Waals surface area contributed by atoms with E-state index >= 15 is 0 Å². The van der Waals surface area contributed by atoms with Crippen LogP contribution in [0.15, 0.2) is 6.33 Å². The molecular formula is C7H5F7N2. The molecule has 1 rings (SSSR count). The number of hydrogen-bond acceptors (Lipinski definition) is 1. The van der Waals surface area contributed by atoms with Crippen LogP contribution >= 0.6 is 0 Å². The maximum atomic E-state index is 13.0. The summed E-state index contributed by atoms with van der Waals surface area (Å²) in [6.45, 7) is 0.919. The molecule has 2 nitrogen and oxygen atoms in total. The van der Waals surface area contributed by atoms with Crippen LogP contribution in [0.1, 0.15) is 11.4 Å². The molecule has 0 aliphatic carbocycles. The second kappa shape index (κ2) is 3.36. The van der Waals surface area contributed by atoms with Gasteiger partial charge in [0, 0.05) is 5.69 Å². The summed E-state index contributed by atoms with van der Waals surface area (Å²) in [6.07, 6.45) is -5.73. The number of alkyl halides is 7. The average Bonchev–Trinajstić information content (AvgIpc) is 2.49. The van der Waals surface area contributed by atoms with Crippen molar-refractivity contribution in [2.24, 2.45) is 0 Å². The highest BCUT2D eigenvalue weighted by atomic mass is 19.4. The number of imidazole rings is 1. The van der Waals surface area contributed by atoms with Gasteiger partial charge in [0.25, 0.3) is 0 Å². The standard InChI is InChI=1S/C7H5F7N2/c1-3-4(16-2-15-3)5(8,9)6(10,11)7(12,13)14/h2H,1H3,(H,15,16). The third-order valence-corrected chi connectivity index (χ3v) is 1.88. The van der Waals surface area contributed by atoms with Gasteiger partial charge in [-0.1, -0.05) is 0 Å². The molecule has 0 spiro atoms. The van der Waals surface area contributed by atoms with E-state index in [1.807, 2.05) is 4.98 Å². The van der Waals surface area contributed by atoms with Gasteiger partial charge in [-0.05, 0) is 6.92 Å². The van der Waals surface area contributed by atoms with E-state index in [1.165, 1.54) is 0 Å². The Balaban J connectivity index is 3.27. The fourth-order valence-corrected chi connectivity index (χ4v) is 1.00. The van der Waals surface area contributed by atoms with Crippen molar-refractivity contribution in [2.75, 3.05) is 0 Å². The Morgan fingerprint density at radius 1 is 1.06 bits per heavy atom. The third kappa shape index (κ3) is 1.63.